The molecule has 0 spiro atoms. The lowest BCUT2D eigenvalue weighted by molar-refractivity contribution is 0.0914. The monoisotopic (exact) mass is 458 g/mol. The van der Waals surface area contributed by atoms with E-state index < -0.39 is 6.10 Å². The van der Waals surface area contributed by atoms with Crippen molar-refractivity contribution in [3.63, 3.8) is 0 Å². The Bertz CT molecular complexity index is 1280. The first kappa shape index (κ1) is 23.8. The summed E-state index contributed by atoms with van der Waals surface area (Å²) < 4.78 is 14.1. The number of hydrogen-bond donors (Lipinski definition) is 1. The summed E-state index contributed by atoms with van der Waals surface area (Å²) in [6.07, 6.45) is -0.690. The van der Waals surface area contributed by atoms with Crippen molar-refractivity contribution in [2.24, 2.45) is 0 Å². The van der Waals surface area contributed by atoms with Crippen molar-refractivity contribution in [1.82, 2.24) is 9.55 Å². The van der Waals surface area contributed by atoms with Crippen LogP contribution < -0.4 is 9.47 Å². The molecule has 4 aromatic rings. The molecule has 0 amide bonds. The van der Waals surface area contributed by atoms with Gasteiger partial charge in [0.05, 0.1) is 17.6 Å². The third kappa shape index (κ3) is 5.42. The minimum absolute atomic E-state index is 0.201. The highest BCUT2D eigenvalue weighted by atomic mass is 16.5. The van der Waals surface area contributed by atoms with Gasteiger partial charge >= 0.3 is 0 Å². The zero-order valence-electron chi connectivity index (χ0n) is 20.7. The SMILES string of the molecule is Cc1ccc(OCC(O)Cn2c(COc3ccc(C(C)C)c(C)c3)nc3ccccc32)c(C)c1. The normalized spacial score (nSPS) is 12.3. The van der Waals surface area contributed by atoms with Gasteiger partial charge < -0.3 is 19.1 Å². The Morgan fingerprint density at radius 2 is 1.71 bits per heavy atom. The number of aromatic nitrogens is 2. The van der Waals surface area contributed by atoms with E-state index in [4.69, 9.17) is 14.5 Å². The molecule has 1 N–H and O–H groups in total. The van der Waals surface area contributed by atoms with Crippen molar-refractivity contribution in [1.29, 1.82) is 0 Å². The van der Waals surface area contributed by atoms with E-state index in [-0.39, 0.29) is 6.61 Å². The van der Waals surface area contributed by atoms with Gasteiger partial charge in [0.1, 0.15) is 36.6 Å². The second-order valence-corrected chi connectivity index (χ2v) is 9.32. The van der Waals surface area contributed by atoms with Gasteiger partial charge in [-0.3, -0.25) is 0 Å². The summed E-state index contributed by atoms with van der Waals surface area (Å²) in [6, 6.07) is 20.2. The van der Waals surface area contributed by atoms with E-state index in [0.717, 1.165) is 33.9 Å². The molecule has 1 unspecified atom stereocenters. The fraction of sp³-hybridized carbons (Fsp3) is 0.345. The maximum Gasteiger partial charge on any atom is 0.148 e. The summed E-state index contributed by atoms with van der Waals surface area (Å²) >= 11 is 0. The molecule has 1 aromatic heterocycles. The summed E-state index contributed by atoms with van der Waals surface area (Å²) in [5.41, 5.74) is 6.65. The first-order valence-electron chi connectivity index (χ1n) is 11.9. The first-order valence-corrected chi connectivity index (χ1v) is 11.9. The Hall–Kier alpha value is -3.31. The molecule has 0 aliphatic rings. The molecule has 34 heavy (non-hydrogen) atoms. The summed E-state index contributed by atoms with van der Waals surface area (Å²) in [4.78, 5) is 4.78. The van der Waals surface area contributed by atoms with E-state index in [2.05, 4.69) is 45.9 Å². The summed E-state index contributed by atoms with van der Waals surface area (Å²) in [6.45, 7) is 11.5. The van der Waals surface area contributed by atoms with Crippen LogP contribution in [0.1, 0.15) is 47.8 Å². The molecule has 5 nitrogen and oxygen atoms in total. The predicted octanol–water partition coefficient (Wildman–Crippen LogP) is 6.10. The van der Waals surface area contributed by atoms with Crippen molar-refractivity contribution < 1.29 is 14.6 Å². The molecule has 5 heteroatoms. The van der Waals surface area contributed by atoms with Crippen molar-refractivity contribution in [3.8, 4) is 11.5 Å². The van der Waals surface area contributed by atoms with E-state index in [0.29, 0.717) is 19.1 Å². The number of hydrogen-bond acceptors (Lipinski definition) is 4. The molecule has 0 saturated carbocycles. The van der Waals surface area contributed by atoms with Gasteiger partial charge in [-0.25, -0.2) is 4.98 Å². The number of aliphatic hydroxyl groups excluding tert-OH is 1. The zero-order valence-corrected chi connectivity index (χ0v) is 20.7. The maximum absolute atomic E-state index is 10.8. The molecule has 178 valence electrons. The second kappa shape index (κ2) is 10.3. The standard InChI is InChI=1S/C29H34N2O3/c1-19(2)25-12-11-24(15-21(25)4)33-18-29-30-26-8-6-7-9-27(26)31(29)16-23(32)17-34-28-13-10-20(3)14-22(28)5/h6-15,19,23,32H,16-18H2,1-5H3. The van der Waals surface area contributed by atoms with Crippen molar-refractivity contribution in [3.05, 3.63) is 88.7 Å². The Labute approximate surface area is 202 Å². The smallest absolute Gasteiger partial charge is 0.148 e. The number of nitrogens with zero attached hydrogens (tertiary/aromatic N) is 2. The predicted molar refractivity (Wildman–Crippen MR) is 137 cm³/mol. The third-order valence-electron chi connectivity index (χ3n) is 6.12. The number of imidazole rings is 1. The molecule has 1 heterocycles. The molecule has 3 aromatic carbocycles. The van der Waals surface area contributed by atoms with Crippen LogP contribution in [0.4, 0.5) is 0 Å². The van der Waals surface area contributed by atoms with Crippen molar-refractivity contribution in [2.45, 2.75) is 59.8 Å². The highest BCUT2D eigenvalue weighted by Gasteiger charge is 2.16. The lowest BCUT2D eigenvalue weighted by atomic mass is 9.98. The molecule has 1 atom stereocenters. The van der Waals surface area contributed by atoms with Crippen molar-refractivity contribution >= 4 is 11.0 Å². The molecule has 0 saturated heterocycles. The van der Waals surface area contributed by atoms with Gasteiger partial charge in [0, 0.05) is 0 Å². The maximum atomic E-state index is 10.8. The van der Waals surface area contributed by atoms with Crippen LogP contribution in [0.5, 0.6) is 11.5 Å². The summed E-state index contributed by atoms with van der Waals surface area (Å²) in [5, 5.41) is 10.8. The molecule has 0 aliphatic heterocycles. The number of fused-ring (bicyclic) bond motifs is 1. The van der Waals surface area contributed by atoms with Crippen LogP contribution in [0, 0.1) is 20.8 Å². The summed E-state index contributed by atoms with van der Waals surface area (Å²) in [7, 11) is 0. The van der Waals surface area contributed by atoms with Crippen LogP contribution >= 0.6 is 0 Å². The zero-order chi connectivity index (χ0) is 24.2. The van der Waals surface area contributed by atoms with Crippen LogP contribution in [0.25, 0.3) is 11.0 Å². The Balaban J connectivity index is 1.49. The van der Waals surface area contributed by atoms with Crippen molar-refractivity contribution in [2.75, 3.05) is 6.61 Å². The average Bonchev–Trinajstić information content (AvgIpc) is 3.14. The molecule has 0 fully saturated rings. The van der Waals surface area contributed by atoms with Crippen LogP contribution in [0.3, 0.4) is 0 Å². The minimum Gasteiger partial charge on any atom is -0.491 e. The highest BCUT2D eigenvalue weighted by Crippen LogP contribution is 2.25. The third-order valence-corrected chi connectivity index (χ3v) is 6.12. The van der Waals surface area contributed by atoms with Crippen LogP contribution in [0.15, 0.2) is 60.7 Å². The average molecular weight is 459 g/mol. The molecule has 0 bridgehead atoms. The van der Waals surface area contributed by atoms with E-state index >= 15 is 0 Å². The Morgan fingerprint density at radius 3 is 2.44 bits per heavy atom. The van der Waals surface area contributed by atoms with Gasteiger partial charge in [0.25, 0.3) is 0 Å². The van der Waals surface area contributed by atoms with E-state index in [1.54, 1.807) is 0 Å². The highest BCUT2D eigenvalue weighted by molar-refractivity contribution is 5.75. The van der Waals surface area contributed by atoms with Crippen LogP contribution in [-0.2, 0) is 13.2 Å². The van der Waals surface area contributed by atoms with Gasteiger partial charge in [-0.05, 0) is 73.7 Å². The number of aliphatic hydroxyl groups is 1. The lowest BCUT2D eigenvalue weighted by Gasteiger charge is -2.17. The minimum atomic E-state index is -0.690. The van der Waals surface area contributed by atoms with Gasteiger partial charge in [-0.2, -0.15) is 0 Å². The molecular formula is C29H34N2O3. The largest absolute Gasteiger partial charge is 0.491 e. The number of para-hydroxylation sites is 2. The quantitative estimate of drug-likeness (QED) is 0.329. The van der Waals surface area contributed by atoms with Crippen LogP contribution in [-0.4, -0.2) is 27.4 Å². The molecule has 0 radical (unpaired) electrons. The van der Waals surface area contributed by atoms with Gasteiger partial charge in [-0.1, -0.05) is 49.7 Å². The number of rotatable bonds is 9. The number of benzene rings is 3. The second-order valence-electron chi connectivity index (χ2n) is 9.32. The van der Waals surface area contributed by atoms with E-state index in [9.17, 15) is 5.11 Å². The fourth-order valence-corrected chi connectivity index (χ4v) is 4.38. The Morgan fingerprint density at radius 1 is 0.912 bits per heavy atom. The Kier molecular flexibility index (Phi) is 7.23. The lowest BCUT2D eigenvalue weighted by Crippen LogP contribution is -2.25. The van der Waals surface area contributed by atoms with E-state index in [1.165, 1.54) is 16.7 Å². The number of aryl methyl sites for hydroxylation is 3. The van der Waals surface area contributed by atoms with E-state index in [1.807, 2.05) is 54.0 Å². The number of ether oxygens (including phenoxy) is 2. The summed E-state index contributed by atoms with van der Waals surface area (Å²) in [5.74, 6) is 2.87. The van der Waals surface area contributed by atoms with Gasteiger partial charge in [0.15, 0.2) is 0 Å². The van der Waals surface area contributed by atoms with Gasteiger partial charge in [0.2, 0.25) is 0 Å². The topological polar surface area (TPSA) is 56.5 Å². The first-order chi connectivity index (χ1) is 16.3. The van der Waals surface area contributed by atoms with Crippen LogP contribution in [0.2, 0.25) is 0 Å². The molecule has 4 rings (SSSR count). The molecular weight excluding hydrogens is 424 g/mol. The van der Waals surface area contributed by atoms with Gasteiger partial charge in [-0.15, -0.1) is 0 Å². The molecule has 0 aliphatic carbocycles. The fourth-order valence-electron chi connectivity index (χ4n) is 4.38.